The van der Waals surface area contributed by atoms with Crippen LogP contribution in [0.3, 0.4) is 0 Å². The number of para-hydroxylation sites is 2. The summed E-state index contributed by atoms with van der Waals surface area (Å²) in [6.07, 6.45) is 0. The lowest BCUT2D eigenvalue weighted by atomic mass is 10.3. The van der Waals surface area contributed by atoms with Gasteiger partial charge in [0.15, 0.2) is 0 Å². The van der Waals surface area contributed by atoms with Crippen LogP contribution in [-0.4, -0.2) is 16.2 Å². The molecule has 0 radical (unpaired) electrons. The van der Waals surface area contributed by atoms with Crippen LogP contribution in [0.15, 0.2) is 48.5 Å². The summed E-state index contributed by atoms with van der Waals surface area (Å²) < 4.78 is 7.90. The Hall–Kier alpha value is -2.49. The quantitative estimate of drug-likeness (QED) is 0.739. The van der Waals surface area contributed by atoms with Gasteiger partial charge in [0.1, 0.15) is 18.2 Å². The van der Waals surface area contributed by atoms with Gasteiger partial charge in [0.05, 0.1) is 17.6 Å². The van der Waals surface area contributed by atoms with E-state index in [1.165, 1.54) is 0 Å². The van der Waals surface area contributed by atoms with Gasteiger partial charge in [-0.05, 0) is 31.2 Å². The number of hydrogen-bond acceptors (Lipinski definition) is 3. The Balaban J connectivity index is 1.73. The van der Waals surface area contributed by atoms with Crippen molar-refractivity contribution in [3.8, 4) is 5.75 Å². The summed E-state index contributed by atoms with van der Waals surface area (Å²) in [5.41, 5.74) is 8.60. The molecule has 0 fully saturated rings. The number of ether oxygens (including phenoxy) is 1. The van der Waals surface area contributed by atoms with E-state index in [1.807, 2.05) is 49.4 Å². The Labute approximate surface area is 117 Å². The van der Waals surface area contributed by atoms with E-state index in [-0.39, 0.29) is 0 Å². The molecule has 0 bridgehead atoms. The largest absolute Gasteiger partial charge is 0.492 e. The zero-order chi connectivity index (χ0) is 13.9. The summed E-state index contributed by atoms with van der Waals surface area (Å²) in [6, 6.07) is 15.6. The molecule has 0 aliphatic rings. The Morgan fingerprint density at radius 1 is 1.15 bits per heavy atom. The van der Waals surface area contributed by atoms with Gasteiger partial charge < -0.3 is 15.0 Å². The lowest BCUT2D eigenvalue weighted by molar-refractivity contribution is 0.299. The van der Waals surface area contributed by atoms with Crippen molar-refractivity contribution in [3.05, 3.63) is 54.4 Å². The number of aromatic nitrogens is 2. The van der Waals surface area contributed by atoms with E-state index in [0.717, 1.165) is 29.2 Å². The molecule has 0 aliphatic carbocycles. The lowest BCUT2D eigenvalue weighted by Gasteiger charge is -2.09. The van der Waals surface area contributed by atoms with Crippen LogP contribution in [-0.2, 0) is 6.54 Å². The van der Waals surface area contributed by atoms with Crippen LogP contribution in [0.1, 0.15) is 5.82 Å². The zero-order valence-electron chi connectivity index (χ0n) is 11.4. The average molecular weight is 267 g/mol. The Bertz CT molecular complexity index is 733. The van der Waals surface area contributed by atoms with Crippen molar-refractivity contribution in [3.63, 3.8) is 0 Å². The molecular formula is C16H17N3O. The first-order valence-corrected chi connectivity index (χ1v) is 6.64. The van der Waals surface area contributed by atoms with Gasteiger partial charge in [0, 0.05) is 11.8 Å². The highest BCUT2D eigenvalue weighted by Gasteiger charge is 2.06. The first kappa shape index (κ1) is 12.5. The third kappa shape index (κ3) is 2.45. The maximum absolute atomic E-state index is 5.74. The fourth-order valence-corrected chi connectivity index (χ4v) is 2.34. The van der Waals surface area contributed by atoms with Gasteiger partial charge in [0.2, 0.25) is 0 Å². The molecule has 0 aliphatic heterocycles. The third-order valence-corrected chi connectivity index (χ3v) is 3.29. The van der Waals surface area contributed by atoms with Crippen molar-refractivity contribution in [2.45, 2.75) is 13.5 Å². The summed E-state index contributed by atoms with van der Waals surface area (Å²) in [4.78, 5) is 4.54. The number of nitrogens with zero attached hydrogens (tertiary/aromatic N) is 2. The van der Waals surface area contributed by atoms with Crippen LogP contribution in [0.25, 0.3) is 11.0 Å². The van der Waals surface area contributed by atoms with Crippen molar-refractivity contribution in [1.82, 2.24) is 9.55 Å². The van der Waals surface area contributed by atoms with Crippen LogP contribution < -0.4 is 10.5 Å². The van der Waals surface area contributed by atoms with Gasteiger partial charge in [-0.15, -0.1) is 0 Å². The van der Waals surface area contributed by atoms with Crippen LogP contribution in [0.5, 0.6) is 5.75 Å². The van der Waals surface area contributed by atoms with Crippen LogP contribution in [0.4, 0.5) is 5.69 Å². The minimum absolute atomic E-state index is 0.588. The van der Waals surface area contributed by atoms with Gasteiger partial charge in [-0.3, -0.25) is 0 Å². The number of nitrogens with two attached hydrogens (primary N) is 1. The molecule has 4 nitrogen and oxygen atoms in total. The number of nitrogen functional groups attached to an aromatic ring is 1. The summed E-state index contributed by atoms with van der Waals surface area (Å²) in [6.45, 7) is 3.37. The van der Waals surface area contributed by atoms with Crippen LogP contribution >= 0.6 is 0 Å². The molecule has 20 heavy (non-hydrogen) atoms. The van der Waals surface area contributed by atoms with Crippen LogP contribution in [0, 0.1) is 6.92 Å². The Morgan fingerprint density at radius 2 is 2.00 bits per heavy atom. The van der Waals surface area contributed by atoms with E-state index in [1.54, 1.807) is 0 Å². The highest BCUT2D eigenvalue weighted by Crippen LogP contribution is 2.17. The second-order valence-corrected chi connectivity index (χ2v) is 4.72. The predicted octanol–water partition coefficient (Wildman–Crippen LogP) is 3.01. The smallest absolute Gasteiger partial charge is 0.121 e. The Morgan fingerprint density at radius 3 is 2.85 bits per heavy atom. The average Bonchev–Trinajstić information content (AvgIpc) is 2.75. The number of imidazole rings is 1. The molecule has 2 N–H and O–H groups in total. The van der Waals surface area contributed by atoms with Crippen molar-refractivity contribution >= 4 is 16.7 Å². The van der Waals surface area contributed by atoms with Gasteiger partial charge >= 0.3 is 0 Å². The molecular weight excluding hydrogens is 250 g/mol. The lowest BCUT2D eigenvalue weighted by Crippen LogP contribution is -2.09. The molecule has 0 saturated carbocycles. The standard InChI is InChI=1S/C16H17N3O/c1-12-18-15-7-2-3-8-16(15)19(12)9-10-20-14-6-4-5-13(17)11-14/h2-8,11H,9-10,17H2,1H3. The molecule has 0 spiro atoms. The molecule has 0 saturated heterocycles. The molecule has 4 heteroatoms. The molecule has 1 heterocycles. The summed E-state index contributed by atoms with van der Waals surface area (Å²) in [7, 11) is 0. The third-order valence-electron chi connectivity index (χ3n) is 3.29. The summed E-state index contributed by atoms with van der Waals surface area (Å²) >= 11 is 0. The van der Waals surface area contributed by atoms with Crippen molar-refractivity contribution < 1.29 is 4.74 Å². The molecule has 3 rings (SSSR count). The molecule has 2 aromatic carbocycles. The number of aryl methyl sites for hydroxylation is 1. The minimum atomic E-state index is 0.588. The van der Waals surface area contributed by atoms with E-state index < -0.39 is 0 Å². The van der Waals surface area contributed by atoms with Gasteiger partial charge in [-0.25, -0.2) is 4.98 Å². The van der Waals surface area contributed by atoms with Gasteiger partial charge in [-0.2, -0.15) is 0 Å². The second-order valence-electron chi connectivity index (χ2n) is 4.72. The first-order valence-electron chi connectivity index (χ1n) is 6.64. The normalized spacial score (nSPS) is 10.8. The van der Waals surface area contributed by atoms with Gasteiger partial charge in [-0.1, -0.05) is 18.2 Å². The van der Waals surface area contributed by atoms with E-state index in [0.29, 0.717) is 12.3 Å². The summed E-state index contributed by atoms with van der Waals surface area (Å²) in [5.74, 6) is 1.80. The number of fused-ring (bicyclic) bond motifs is 1. The van der Waals surface area contributed by atoms with Crippen molar-refractivity contribution in [2.75, 3.05) is 12.3 Å². The molecule has 0 amide bonds. The van der Waals surface area contributed by atoms with E-state index >= 15 is 0 Å². The van der Waals surface area contributed by atoms with Crippen LogP contribution in [0.2, 0.25) is 0 Å². The number of anilines is 1. The van der Waals surface area contributed by atoms with Crippen molar-refractivity contribution in [2.24, 2.45) is 0 Å². The monoisotopic (exact) mass is 267 g/mol. The zero-order valence-corrected chi connectivity index (χ0v) is 11.4. The number of rotatable bonds is 4. The minimum Gasteiger partial charge on any atom is -0.492 e. The highest BCUT2D eigenvalue weighted by molar-refractivity contribution is 5.75. The van der Waals surface area contributed by atoms with Crippen molar-refractivity contribution in [1.29, 1.82) is 0 Å². The topological polar surface area (TPSA) is 53.1 Å². The molecule has 1 aromatic heterocycles. The van der Waals surface area contributed by atoms with E-state index in [2.05, 4.69) is 15.6 Å². The SMILES string of the molecule is Cc1nc2ccccc2n1CCOc1cccc(N)c1. The molecule has 0 unspecified atom stereocenters. The highest BCUT2D eigenvalue weighted by atomic mass is 16.5. The first-order chi connectivity index (χ1) is 9.74. The molecule has 102 valence electrons. The Kier molecular flexibility index (Phi) is 3.29. The molecule has 0 atom stereocenters. The fourth-order valence-electron chi connectivity index (χ4n) is 2.34. The number of hydrogen-bond donors (Lipinski definition) is 1. The fraction of sp³-hybridized carbons (Fsp3) is 0.188. The van der Waals surface area contributed by atoms with Gasteiger partial charge in [0.25, 0.3) is 0 Å². The predicted molar refractivity (Wildman–Crippen MR) is 80.8 cm³/mol. The maximum atomic E-state index is 5.74. The summed E-state index contributed by atoms with van der Waals surface area (Å²) in [5, 5.41) is 0. The van der Waals surface area contributed by atoms with E-state index in [9.17, 15) is 0 Å². The van der Waals surface area contributed by atoms with E-state index in [4.69, 9.17) is 10.5 Å². The number of benzene rings is 2. The maximum Gasteiger partial charge on any atom is 0.121 e. The molecule has 3 aromatic rings. The second kappa shape index (κ2) is 5.25.